The number of nitrogens with zero attached hydrogens (tertiary/aromatic N) is 1. The van der Waals surface area contributed by atoms with Gasteiger partial charge < -0.3 is 0 Å². The number of nitrogens with one attached hydrogen (secondary N) is 1. The Bertz CT molecular complexity index is 454. The smallest absolute Gasteiger partial charge is 0.141 e. The molecule has 3 heteroatoms. The fraction of sp³-hybridized carbons (Fsp3) is 0.588. The molecule has 1 aliphatic carbocycles. The van der Waals surface area contributed by atoms with Gasteiger partial charge in [-0.3, -0.25) is 5.32 Å². The third-order valence-corrected chi connectivity index (χ3v) is 5.81. The molecule has 2 rings (SSSR count). The van der Waals surface area contributed by atoms with Crippen LogP contribution in [0.2, 0.25) is 0 Å². The molecule has 0 bridgehead atoms. The van der Waals surface area contributed by atoms with E-state index < -0.39 is 5.54 Å². The summed E-state index contributed by atoms with van der Waals surface area (Å²) in [6, 6.07) is 12.6. The number of rotatable bonds is 5. The van der Waals surface area contributed by atoms with Crippen molar-refractivity contribution < 1.29 is 0 Å². The highest BCUT2D eigenvalue weighted by Crippen LogP contribution is 2.35. The van der Waals surface area contributed by atoms with Crippen LogP contribution in [-0.2, 0) is 5.54 Å². The third kappa shape index (κ3) is 3.56. The lowest BCUT2D eigenvalue weighted by molar-refractivity contribution is 0.393. The second-order valence-corrected chi connectivity index (χ2v) is 7.13. The Morgan fingerprint density at radius 1 is 1.35 bits per heavy atom. The van der Waals surface area contributed by atoms with Gasteiger partial charge >= 0.3 is 0 Å². The average molecular weight is 288 g/mol. The van der Waals surface area contributed by atoms with E-state index >= 15 is 0 Å². The molecule has 1 aromatic carbocycles. The van der Waals surface area contributed by atoms with Gasteiger partial charge in [-0.2, -0.15) is 17.0 Å². The molecule has 20 heavy (non-hydrogen) atoms. The summed E-state index contributed by atoms with van der Waals surface area (Å²) >= 11 is 1.97. The fourth-order valence-electron chi connectivity index (χ4n) is 2.95. The molecule has 1 aliphatic rings. The number of hydrogen-bond acceptors (Lipinski definition) is 3. The quantitative estimate of drug-likeness (QED) is 0.891. The first-order valence-corrected chi connectivity index (χ1v) is 8.52. The van der Waals surface area contributed by atoms with Crippen LogP contribution in [-0.4, -0.2) is 18.1 Å². The minimum atomic E-state index is -0.563. The molecule has 0 spiro atoms. The first-order valence-electron chi connectivity index (χ1n) is 7.47. The van der Waals surface area contributed by atoms with Crippen LogP contribution in [0.3, 0.4) is 0 Å². The van der Waals surface area contributed by atoms with Crippen molar-refractivity contribution in [3.05, 3.63) is 35.9 Å². The Hall–Kier alpha value is -0.980. The van der Waals surface area contributed by atoms with Gasteiger partial charge in [0.05, 0.1) is 6.07 Å². The lowest BCUT2D eigenvalue weighted by atomic mass is 9.90. The average Bonchev–Trinajstić information content (AvgIpc) is 2.50. The second-order valence-electron chi connectivity index (χ2n) is 5.84. The normalized spacial score (nSPS) is 25.6. The summed E-state index contributed by atoms with van der Waals surface area (Å²) in [4.78, 5) is 0. The van der Waals surface area contributed by atoms with Crippen molar-refractivity contribution >= 4 is 11.8 Å². The first kappa shape index (κ1) is 15.4. The van der Waals surface area contributed by atoms with Crippen molar-refractivity contribution in [2.45, 2.75) is 43.4 Å². The Labute approximate surface area is 127 Å². The lowest BCUT2D eigenvalue weighted by Gasteiger charge is -2.31. The van der Waals surface area contributed by atoms with Crippen molar-refractivity contribution in [2.75, 3.05) is 12.8 Å². The monoisotopic (exact) mass is 288 g/mol. The topological polar surface area (TPSA) is 35.8 Å². The summed E-state index contributed by atoms with van der Waals surface area (Å²) in [6.07, 6.45) is 5.30. The van der Waals surface area contributed by atoms with Crippen molar-refractivity contribution in [1.29, 1.82) is 5.26 Å². The second kappa shape index (κ2) is 7.15. The van der Waals surface area contributed by atoms with E-state index in [4.69, 9.17) is 0 Å². The number of hydrogen-bond donors (Lipinski definition) is 1. The third-order valence-electron chi connectivity index (χ3n) is 4.31. The summed E-state index contributed by atoms with van der Waals surface area (Å²) in [7, 11) is 1.89. The number of benzene rings is 1. The van der Waals surface area contributed by atoms with Gasteiger partial charge in [0.2, 0.25) is 0 Å². The molecule has 0 aliphatic heterocycles. The number of thioether (sulfide) groups is 1. The molecule has 0 amide bonds. The van der Waals surface area contributed by atoms with Gasteiger partial charge in [-0.25, -0.2) is 0 Å². The van der Waals surface area contributed by atoms with E-state index in [1.165, 1.54) is 25.7 Å². The zero-order valence-electron chi connectivity index (χ0n) is 12.4. The highest BCUT2D eigenvalue weighted by atomic mass is 32.2. The molecule has 3 atom stereocenters. The van der Waals surface area contributed by atoms with Crippen LogP contribution < -0.4 is 5.32 Å². The first-order chi connectivity index (χ1) is 9.70. The maximum atomic E-state index is 9.69. The van der Waals surface area contributed by atoms with E-state index in [9.17, 15) is 5.26 Å². The van der Waals surface area contributed by atoms with E-state index in [0.717, 1.165) is 17.2 Å². The zero-order chi connectivity index (χ0) is 14.4. The van der Waals surface area contributed by atoms with E-state index in [1.54, 1.807) is 0 Å². The van der Waals surface area contributed by atoms with Gasteiger partial charge in [0, 0.05) is 11.0 Å². The molecule has 0 radical (unpaired) electrons. The van der Waals surface area contributed by atoms with Crippen LogP contribution in [0, 0.1) is 17.2 Å². The SMILES string of the molecule is CNC(C#N)(CSC1CCCC(C)C1)c1ccccc1. The minimum absolute atomic E-state index is 0.563. The highest BCUT2D eigenvalue weighted by Gasteiger charge is 2.32. The van der Waals surface area contributed by atoms with Crippen LogP contribution in [0.4, 0.5) is 0 Å². The molecule has 2 nitrogen and oxygen atoms in total. The predicted molar refractivity (Wildman–Crippen MR) is 86.7 cm³/mol. The van der Waals surface area contributed by atoms with Gasteiger partial charge in [0.15, 0.2) is 0 Å². The molecule has 108 valence electrons. The molecule has 0 aromatic heterocycles. The summed E-state index contributed by atoms with van der Waals surface area (Å²) in [6.45, 7) is 2.35. The summed E-state index contributed by atoms with van der Waals surface area (Å²) in [5, 5.41) is 13.6. The summed E-state index contributed by atoms with van der Waals surface area (Å²) < 4.78 is 0. The van der Waals surface area contributed by atoms with Gasteiger partial charge in [0.25, 0.3) is 0 Å². The molecule has 1 N–H and O–H groups in total. The highest BCUT2D eigenvalue weighted by molar-refractivity contribution is 7.99. The van der Waals surface area contributed by atoms with E-state index in [0.29, 0.717) is 5.25 Å². The molecule has 0 saturated heterocycles. The molecule has 1 fully saturated rings. The van der Waals surface area contributed by atoms with E-state index in [1.807, 2.05) is 49.1 Å². The summed E-state index contributed by atoms with van der Waals surface area (Å²) in [5.41, 5.74) is 0.508. The summed E-state index contributed by atoms with van der Waals surface area (Å²) in [5.74, 6) is 1.66. The van der Waals surface area contributed by atoms with Crippen LogP contribution in [0.25, 0.3) is 0 Å². The van der Waals surface area contributed by atoms with Crippen LogP contribution in [0.15, 0.2) is 30.3 Å². The maximum absolute atomic E-state index is 9.69. The lowest BCUT2D eigenvalue weighted by Crippen LogP contribution is -2.41. The van der Waals surface area contributed by atoms with Crippen LogP contribution >= 0.6 is 11.8 Å². The van der Waals surface area contributed by atoms with E-state index in [-0.39, 0.29) is 0 Å². The molecule has 0 heterocycles. The van der Waals surface area contributed by atoms with Gasteiger partial charge in [-0.1, -0.05) is 50.1 Å². The maximum Gasteiger partial charge on any atom is 0.141 e. The molecule has 1 saturated carbocycles. The van der Waals surface area contributed by atoms with Crippen LogP contribution in [0.5, 0.6) is 0 Å². The largest absolute Gasteiger partial charge is 0.298 e. The van der Waals surface area contributed by atoms with E-state index in [2.05, 4.69) is 18.3 Å². The molecular formula is C17H24N2S. The van der Waals surface area contributed by atoms with Crippen molar-refractivity contribution in [3.63, 3.8) is 0 Å². The predicted octanol–water partition coefficient (Wildman–Crippen LogP) is 3.94. The molecule has 1 aromatic rings. The fourth-order valence-corrected chi connectivity index (χ4v) is 4.61. The minimum Gasteiger partial charge on any atom is -0.298 e. The van der Waals surface area contributed by atoms with Crippen molar-refractivity contribution in [1.82, 2.24) is 5.32 Å². The standard InChI is InChI=1S/C17H24N2S/c1-14-7-6-10-16(11-14)20-13-17(12-18,19-2)15-8-4-3-5-9-15/h3-5,8-9,14,16,19H,6-7,10-11,13H2,1-2H3. The van der Waals surface area contributed by atoms with Gasteiger partial charge in [-0.05, 0) is 31.4 Å². The number of nitriles is 1. The molecule has 3 unspecified atom stereocenters. The van der Waals surface area contributed by atoms with Crippen molar-refractivity contribution in [3.8, 4) is 6.07 Å². The Morgan fingerprint density at radius 3 is 2.70 bits per heavy atom. The Kier molecular flexibility index (Phi) is 5.51. The zero-order valence-corrected chi connectivity index (χ0v) is 13.2. The molecular weight excluding hydrogens is 264 g/mol. The Morgan fingerprint density at radius 2 is 2.10 bits per heavy atom. The van der Waals surface area contributed by atoms with Gasteiger partial charge in [0.1, 0.15) is 5.54 Å². The van der Waals surface area contributed by atoms with Crippen LogP contribution in [0.1, 0.15) is 38.2 Å². The van der Waals surface area contributed by atoms with Crippen molar-refractivity contribution in [2.24, 2.45) is 5.92 Å². The van der Waals surface area contributed by atoms with Gasteiger partial charge in [-0.15, -0.1) is 0 Å². The Balaban J connectivity index is 2.05.